The Morgan fingerprint density at radius 2 is 2.12 bits per heavy atom. The Kier molecular flexibility index (Phi) is 8.01. The average Bonchev–Trinajstić information content (AvgIpc) is 3.56. The van der Waals surface area contributed by atoms with Crippen LogP contribution in [-0.2, 0) is 17.6 Å². The number of aromatic nitrogens is 1. The minimum absolute atomic E-state index is 0.0432. The van der Waals surface area contributed by atoms with Crippen LogP contribution in [0.15, 0.2) is 12.1 Å². The molecule has 33 heavy (non-hydrogen) atoms. The molecule has 3 N–H and O–H groups in total. The molecule has 0 bridgehead atoms. The Labute approximate surface area is 194 Å². The van der Waals surface area contributed by atoms with Gasteiger partial charge < -0.3 is 25.5 Å². The van der Waals surface area contributed by atoms with E-state index in [-0.39, 0.29) is 6.54 Å². The molecule has 1 aromatic rings. The fourth-order valence-electron chi connectivity index (χ4n) is 4.74. The highest BCUT2D eigenvalue weighted by molar-refractivity contribution is 5.82. The third-order valence-electron chi connectivity index (χ3n) is 6.86. The molecule has 3 heterocycles. The standard InChI is InChI=1S/C24H36FN5O3/c25-18-10-14-30(16-18)24(33)28-21(23(31)32)11-15-29(20-8-9-20)13-2-1-5-19-7-6-17-4-3-12-26-22(17)27-19/h6-7,18,20-21H,1-5,8-16H2,(H,26,27)(H,28,33)(H,31,32)/t18-,21+/m1/s1. The number of carbonyl (C=O) groups is 2. The van der Waals surface area contributed by atoms with Gasteiger partial charge in [0.25, 0.3) is 0 Å². The van der Waals surface area contributed by atoms with Crippen molar-refractivity contribution < 1.29 is 19.1 Å². The van der Waals surface area contributed by atoms with Crippen LogP contribution in [0.4, 0.5) is 15.0 Å². The van der Waals surface area contributed by atoms with Crippen LogP contribution in [0.2, 0.25) is 0 Å². The molecule has 0 radical (unpaired) electrons. The van der Waals surface area contributed by atoms with Gasteiger partial charge in [-0.15, -0.1) is 0 Å². The average molecular weight is 462 g/mol. The van der Waals surface area contributed by atoms with Crippen molar-refractivity contribution in [1.82, 2.24) is 20.1 Å². The first-order chi connectivity index (χ1) is 16.0. The van der Waals surface area contributed by atoms with Crippen LogP contribution >= 0.6 is 0 Å². The van der Waals surface area contributed by atoms with Crippen LogP contribution < -0.4 is 10.6 Å². The number of pyridine rings is 1. The van der Waals surface area contributed by atoms with Gasteiger partial charge in [-0.1, -0.05) is 6.07 Å². The summed E-state index contributed by atoms with van der Waals surface area (Å²) in [6.45, 7) is 2.93. The van der Waals surface area contributed by atoms with E-state index in [1.54, 1.807) is 0 Å². The smallest absolute Gasteiger partial charge is 0.326 e. The Bertz CT molecular complexity index is 834. The van der Waals surface area contributed by atoms with E-state index in [0.717, 1.165) is 69.5 Å². The summed E-state index contributed by atoms with van der Waals surface area (Å²) in [5, 5.41) is 15.5. The number of hydrogen-bond donors (Lipinski definition) is 3. The number of aliphatic carboxylic acids is 1. The second kappa shape index (κ2) is 11.1. The normalized spacial score (nSPS) is 20.9. The first kappa shape index (κ1) is 23.7. The van der Waals surface area contributed by atoms with Gasteiger partial charge in [0.1, 0.15) is 18.0 Å². The molecule has 0 aromatic carbocycles. The van der Waals surface area contributed by atoms with Crippen molar-refractivity contribution in [3.05, 3.63) is 23.4 Å². The molecule has 8 nitrogen and oxygen atoms in total. The van der Waals surface area contributed by atoms with Crippen LogP contribution in [0.3, 0.4) is 0 Å². The molecule has 0 spiro atoms. The van der Waals surface area contributed by atoms with Crippen molar-refractivity contribution in [3.63, 3.8) is 0 Å². The number of anilines is 1. The molecule has 2 aliphatic heterocycles. The Hall–Kier alpha value is -2.42. The number of carbonyl (C=O) groups excluding carboxylic acids is 1. The summed E-state index contributed by atoms with van der Waals surface area (Å²) in [6.07, 6.45) is 7.20. The zero-order valence-electron chi connectivity index (χ0n) is 19.3. The zero-order chi connectivity index (χ0) is 23.2. The molecule has 2 atom stereocenters. The molecule has 1 aliphatic carbocycles. The second-order valence-corrected chi connectivity index (χ2v) is 9.53. The largest absolute Gasteiger partial charge is 0.480 e. The van der Waals surface area contributed by atoms with E-state index in [9.17, 15) is 19.1 Å². The highest BCUT2D eigenvalue weighted by atomic mass is 19.1. The van der Waals surface area contributed by atoms with Gasteiger partial charge >= 0.3 is 12.0 Å². The van der Waals surface area contributed by atoms with Gasteiger partial charge in [0.2, 0.25) is 0 Å². The lowest BCUT2D eigenvalue weighted by Gasteiger charge is -2.25. The number of nitrogens with zero attached hydrogens (tertiary/aromatic N) is 3. The summed E-state index contributed by atoms with van der Waals surface area (Å²) < 4.78 is 13.4. The molecule has 1 saturated carbocycles. The maximum atomic E-state index is 13.4. The molecule has 2 amide bonds. The number of amides is 2. The van der Waals surface area contributed by atoms with Crippen LogP contribution in [0.1, 0.15) is 56.2 Å². The third kappa shape index (κ3) is 6.79. The van der Waals surface area contributed by atoms with E-state index < -0.39 is 24.2 Å². The van der Waals surface area contributed by atoms with Gasteiger partial charge in [-0.25, -0.2) is 19.0 Å². The number of aryl methyl sites for hydroxylation is 2. The molecule has 1 saturated heterocycles. The summed E-state index contributed by atoms with van der Waals surface area (Å²) >= 11 is 0. The molecule has 2 fully saturated rings. The summed E-state index contributed by atoms with van der Waals surface area (Å²) in [4.78, 5) is 32.5. The minimum atomic E-state index is -1.04. The van der Waals surface area contributed by atoms with E-state index in [1.165, 1.54) is 10.5 Å². The highest BCUT2D eigenvalue weighted by Crippen LogP contribution is 2.27. The van der Waals surface area contributed by atoms with Gasteiger partial charge in [0.05, 0.1) is 6.54 Å². The van der Waals surface area contributed by atoms with Crippen molar-refractivity contribution in [2.24, 2.45) is 0 Å². The van der Waals surface area contributed by atoms with Gasteiger partial charge in [-0.3, -0.25) is 0 Å². The first-order valence-corrected chi connectivity index (χ1v) is 12.4. The maximum Gasteiger partial charge on any atom is 0.326 e. The van der Waals surface area contributed by atoms with E-state index in [4.69, 9.17) is 4.98 Å². The number of likely N-dealkylation sites (tertiary alicyclic amines) is 1. The highest BCUT2D eigenvalue weighted by Gasteiger charge is 2.32. The number of unbranched alkanes of at least 4 members (excludes halogenated alkanes) is 1. The molecule has 182 valence electrons. The molecule has 1 aromatic heterocycles. The van der Waals surface area contributed by atoms with E-state index in [2.05, 4.69) is 27.7 Å². The number of alkyl halides is 1. The van der Waals surface area contributed by atoms with Crippen LogP contribution in [-0.4, -0.2) is 82.9 Å². The lowest BCUT2D eigenvalue weighted by atomic mass is 10.1. The summed E-state index contributed by atoms with van der Waals surface area (Å²) in [5.74, 6) is -0.00160. The molecular formula is C24H36FN5O3. The topological polar surface area (TPSA) is 97.8 Å². The number of hydrogen-bond acceptors (Lipinski definition) is 5. The Balaban J connectivity index is 1.20. The lowest BCUT2D eigenvalue weighted by Crippen LogP contribution is -2.48. The number of halogens is 1. The second-order valence-electron chi connectivity index (χ2n) is 9.53. The van der Waals surface area contributed by atoms with Gasteiger partial charge in [0.15, 0.2) is 0 Å². The first-order valence-electron chi connectivity index (χ1n) is 12.4. The van der Waals surface area contributed by atoms with Gasteiger partial charge in [-0.05, 0) is 76.0 Å². The molecule has 9 heteroatoms. The number of nitrogens with one attached hydrogen (secondary N) is 2. The number of urea groups is 1. The quantitative estimate of drug-likeness (QED) is 0.439. The van der Waals surface area contributed by atoms with E-state index in [0.29, 0.717) is 32.0 Å². The summed E-state index contributed by atoms with van der Waals surface area (Å²) in [7, 11) is 0. The summed E-state index contributed by atoms with van der Waals surface area (Å²) in [5.41, 5.74) is 2.42. The predicted molar refractivity (Wildman–Crippen MR) is 124 cm³/mol. The number of carboxylic acids is 1. The Morgan fingerprint density at radius 3 is 2.85 bits per heavy atom. The predicted octanol–water partition coefficient (Wildman–Crippen LogP) is 2.82. The van der Waals surface area contributed by atoms with E-state index in [1.807, 2.05) is 0 Å². The lowest BCUT2D eigenvalue weighted by molar-refractivity contribution is -0.139. The van der Waals surface area contributed by atoms with Crippen LogP contribution in [0, 0.1) is 0 Å². The number of carboxylic acid groups (broad SMARTS) is 1. The van der Waals surface area contributed by atoms with Crippen molar-refractivity contribution in [2.75, 3.05) is 38.0 Å². The van der Waals surface area contributed by atoms with Crippen molar-refractivity contribution >= 4 is 17.8 Å². The fourth-order valence-corrected chi connectivity index (χ4v) is 4.74. The van der Waals surface area contributed by atoms with E-state index >= 15 is 0 Å². The zero-order valence-corrected chi connectivity index (χ0v) is 19.3. The minimum Gasteiger partial charge on any atom is -0.480 e. The van der Waals surface area contributed by atoms with Crippen molar-refractivity contribution in [3.8, 4) is 0 Å². The van der Waals surface area contributed by atoms with Crippen molar-refractivity contribution in [1.29, 1.82) is 0 Å². The third-order valence-corrected chi connectivity index (χ3v) is 6.86. The number of fused-ring (bicyclic) bond motifs is 1. The van der Waals surface area contributed by atoms with Crippen LogP contribution in [0.25, 0.3) is 0 Å². The van der Waals surface area contributed by atoms with Crippen molar-refractivity contribution in [2.45, 2.75) is 76.0 Å². The molecule has 4 rings (SSSR count). The van der Waals surface area contributed by atoms with Crippen LogP contribution in [0.5, 0.6) is 0 Å². The number of rotatable bonds is 11. The van der Waals surface area contributed by atoms with Gasteiger partial charge in [-0.2, -0.15) is 0 Å². The molecule has 0 unspecified atom stereocenters. The molecule has 3 aliphatic rings. The maximum absolute atomic E-state index is 13.4. The summed E-state index contributed by atoms with van der Waals surface area (Å²) in [6, 6.07) is 3.41. The van der Waals surface area contributed by atoms with Gasteiger partial charge in [0, 0.05) is 31.4 Å². The SMILES string of the molecule is O=C(O)[C@H](CCN(CCCCc1ccc2c(n1)NCCC2)C1CC1)NC(=O)N1CC[C@@H](F)C1. The fraction of sp³-hybridized carbons (Fsp3) is 0.708. The molecular weight excluding hydrogens is 425 g/mol. The Morgan fingerprint density at radius 1 is 1.27 bits per heavy atom. The monoisotopic (exact) mass is 461 g/mol.